The molecular formula is C18H19Cl2NOS. The molecule has 2 nitrogen and oxygen atoms in total. The Balaban J connectivity index is 1.76. The third-order valence-corrected chi connectivity index (χ3v) is 5.05. The van der Waals surface area contributed by atoms with Crippen LogP contribution in [-0.2, 0) is 12.2 Å². The molecule has 0 aliphatic carbocycles. The summed E-state index contributed by atoms with van der Waals surface area (Å²) in [6, 6.07) is 13.7. The summed E-state index contributed by atoms with van der Waals surface area (Å²) in [4.78, 5) is 12.1. The summed E-state index contributed by atoms with van der Waals surface area (Å²) >= 11 is 13.8. The van der Waals surface area contributed by atoms with Crippen LogP contribution in [0, 0.1) is 0 Å². The molecule has 2 rings (SSSR count). The van der Waals surface area contributed by atoms with Crippen molar-refractivity contribution in [1.82, 2.24) is 5.32 Å². The smallest absolute Gasteiger partial charge is 0.254 e. The van der Waals surface area contributed by atoms with E-state index in [2.05, 4.69) is 36.5 Å². The third kappa shape index (κ3) is 5.45. The van der Waals surface area contributed by atoms with Crippen LogP contribution in [0.2, 0.25) is 10.0 Å². The molecule has 122 valence electrons. The molecular weight excluding hydrogens is 349 g/mol. The molecule has 0 radical (unpaired) electrons. The van der Waals surface area contributed by atoms with Crippen molar-refractivity contribution in [2.75, 3.05) is 12.3 Å². The maximum absolute atomic E-state index is 12.1. The Morgan fingerprint density at radius 1 is 1.09 bits per heavy atom. The Morgan fingerprint density at radius 3 is 2.43 bits per heavy atom. The fourth-order valence-corrected chi connectivity index (χ4v) is 3.54. The average Bonchev–Trinajstić information content (AvgIpc) is 2.54. The van der Waals surface area contributed by atoms with Crippen LogP contribution in [0.3, 0.4) is 0 Å². The van der Waals surface area contributed by atoms with Crippen LogP contribution in [0.15, 0.2) is 42.5 Å². The van der Waals surface area contributed by atoms with Crippen molar-refractivity contribution < 1.29 is 4.79 Å². The second kappa shape index (κ2) is 9.21. The molecule has 1 N–H and O–H groups in total. The first-order chi connectivity index (χ1) is 11.1. The average molecular weight is 368 g/mol. The number of rotatable bonds is 7. The Bertz CT molecular complexity index is 656. The zero-order valence-corrected chi connectivity index (χ0v) is 15.3. The van der Waals surface area contributed by atoms with Crippen molar-refractivity contribution >= 4 is 40.9 Å². The van der Waals surface area contributed by atoms with E-state index in [4.69, 9.17) is 23.2 Å². The summed E-state index contributed by atoms with van der Waals surface area (Å²) in [6.45, 7) is 2.74. The number of hydrogen-bond acceptors (Lipinski definition) is 2. The third-order valence-electron chi connectivity index (χ3n) is 3.39. The minimum atomic E-state index is -0.228. The number of amides is 1. The Labute approximate surface area is 151 Å². The second-order valence-electron chi connectivity index (χ2n) is 5.08. The molecule has 0 saturated carbocycles. The summed E-state index contributed by atoms with van der Waals surface area (Å²) in [5.74, 6) is 1.55. The van der Waals surface area contributed by atoms with Crippen molar-refractivity contribution in [3.63, 3.8) is 0 Å². The zero-order chi connectivity index (χ0) is 16.7. The highest BCUT2D eigenvalue weighted by Gasteiger charge is 2.13. The molecule has 2 aromatic rings. The van der Waals surface area contributed by atoms with Gasteiger partial charge in [-0.05, 0) is 29.7 Å². The standard InChI is InChI=1S/C18H19Cl2NOS/c1-2-13-5-3-6-14(11-13)12-23-10-9-21-18(22)17-15(19)7-4-8-16(17)20/h3-8,11H,2,9-10,12H2,1H3,(H,21,22). The summed E-state index contributed by atoms with van der Waals surface area (Å²) in [6.07, 6.45) is 1.05. The molecule has 0 atom stereocenters. The lowest BCUT2D eigenvalue weighted by atomic mass is 10.1. The van der Waals surface area contributed by atoms with E-state index in [-0.39, 0.29) is 5.91 Å². The van der Waals surface area contributed by atoms with Gasteiger partial charge in [0.05, 0.1) is 15.6 Å². The van der Waals surface area contributed by atoms with Crippen LogP contribution in [0.5, 0.6) is 0 Å². The van der Waals surface area contributed by atoms with Gasteiger partial charge in [-0.15, -0.1) is 0 Å². The number of carbonyl (C=O) groups is 1. The highest BCUT2D eigenvalue weighted by Crippen LogP contribution is 2.24. The monoisotopic (exact) mass is 367 g/mol. The molecule has 0 spiro atoms. The number of carbonyl (C=O) groups excluding carboxylic acids is 1. The number of hydrogen-bond donors (Lipinski definition) is 1. The van der Waals surface area contributed by atoms with E-state index in [1.807, 2.05) is 0 Å². The molecule has 2 aromatic carbocycles. The van der Waals surface area contributed by atoms with E-state index < -0.39 is 0 Å². The molecule has 5 heteroatoms. The van der Waals surface area contributed by atoms with E-state index in [0.717, 1.165) is 17.9 Å². The van der Waals surface area contributed by atoms with Gasteiger partial charge < -0.3 is 5.32 Å². The molecule has 0 aliphatic heterocycles. The first-order valence-electron chi connectivity index (χ1n) is 7.49. The van der Waals surface area contributed by atoms with Crippen LogP contribution in [0.25, 0.3) is 0 Å². The number of nitrogens with one attached hydrogen (secondary N) is 1. The largest absolute Gasteiger partial charge is 0.351 e. The Hall–Kier alpha value is -1.16. The highest BCUT2D eigenvalue weighted by atomic mass is 35.5. The second-order valence-corrected chi connectivity index (χ2v) is 7.00. The number of benzene rings is 2. The molecule has 0 aromatic heterocycles. The fraction of sp³-hybridized carbons (Fsp3) is 0.278. The lowest BCUT2D eigenvalue weighted by molar-refractivity contribution is 0.0956. The van der Waals surface area contributed by atoms with Crippen molar-refractivity contribution in [1.29, 1.82) is 0 Å². The first kappa shape index (κ1) is 18.2. The Kier molecular flexibility index (Phi) is 7.28. The molecule has 23 heavy (non-hydrogen) atoms. The van der Waals surface area contributed by atoms with Gasteiger partial charge in [0.15, 0.2) is 0 Å². The van der Waals surface area contributed by atoms with Crippen molar-refractivity contribution in [3.05, 3.63) is 69.2 Å². The molecule has 0 fully saturated rings. The molecule has 0 unspecified atom stereocenters. The number of halogens is 2. The van der Waals surface area contributed by atoms with E-state index in [1.54, 1.807) is 30.0 Å². The maximum Gasteiger partial charge on any atom is 0.254 e. The minimum Gasteiger partial charge on any atom is -0.351 e. The summed E-state index contributed by atoms with van der Waals surface area (Å²) in [7, 11) is 0. The van der Waals surface area contributed by atoms with Gasteiger partial charge in [0.1, 0.15) is 0 Å². The Morgan fingerprint density at radius 2 is 1.74 bits per heavy atom. The van der Waals surface area contributed by atoms with Gasteiger partial charge in [0.2, 0.25) is 0 Å². The van der Waals surface area contributed by atoms with Gasteiger partial charge in [0.25, 0.3) is 5.91 Å². The van der Waals surface area contributed by atoms with E-state index in [1.165, 1.54) is 11.1 Å². The zero-order valence-electron chi connectivity index (χ0n) is 12.9. The summed E-state index contributed by atoms with van der Waals surface area (Å²) < 4.78 is 0. The molecule has 1 amide bonds. The predicted molar refractivity (Wildman–Crippen MR) is 101 cm³/mol. The van der Waals surface area contributed by atoms with Gasteiger partial charge in [-0.2, -0.15) is 11.8 Å². The maximum atomic E-state index is 12.1. The highest BCUT2D eigenvalue weighted by molar-refractivity contribution is 7.98. The van der Waals surface area contributed by atoms with Crippen LogP contribution in [0.1, 0.15) is 28.4 Å². The summed E-state index contributed by atoms with van der Waals surface area (Å²) in [5.41, 5.74) is 3.01. The molecule has 0 bridgehead atoms. The van der Waals surface area contributed by atoms with Crippen LogP contribution >= 0.6 is 35.0 Å². The van der Waals surface area contributed by atoms with Gasteiger partial charge in [-0.3, -0.25) is 4.79 Å². The van der Waals surface area contributed by atoms with Crippen LogP contribution in [-0.4, -0.2) is 18.2 Å². The van der Waals surface area contributed by atoms with E-state index in [9.17, 15) is 4.79 Å². The topological polar surface area (TPSA) is 29.1 Å². The number of thioether (sulfide) groups is 1. The van der Waals surface area contributed by atoms with E-state index in [0.29, 0.717) is 22.2 Å². The van der Waals surface area contributed by atoms with Crippen LogP contribution in [0.4, 0.5) is 0 Å². The molecule has 0 heterocycles. The number of aryl methyl sites for hydroxylation is 1. The first-order valence-corrected chi connectivity index (χ1v) is 9.40. The lowest BCUT2D eigenvalue weighted by Gasteiger charge is -2.08. The molecule has 0 aliphatic rings. The predicted octanol–water partition coefficient (Wildman–Crippen LogP) is 5.22. The quantitative estimate of drug-likeness (QED) is 0.679. The van der Waals surface area contributed by atoms with Crippen molar-refractivity contribution in [3.8, 4) is 0 Å². The van der Waals surface area contributed by atoms with Gasteiger partial charge in [-0.25, -0.2) is 0 Å². The van der Waals surface area contributed by atoms with Crippen molar-refractivity contribution in [2.24, 2.45) is 0 Å². The van der Waals surface area contributed by atoms with Gasteiger partial charge in [-0.1, -0.05) is 60.5 Å². The SMILES string of the molecule is CCc1cccc(CSCCNC(=O)c2c(Cl)cccc2Cl)c1. The minimum absolute atomic E-state index is 0.228. The van der Waals surface area contributed by atoms with Gasteiger partial charge >= 0.3 is 0 Å². The van der Waals surface area contributed by atoms with Gasteiger partial charge in [0, 0.05) is 18.1 Å². The summed E-state index contributed by atoms with van der Waals surface area (Å²) in [5, 5.41) is 3.61. The van der Waals surface area contributed by atoms with Crippen molar-refractivity contribution in [2.45, 2.75) is 19.1 Å². The fourth-order valence-electron chi connectivity index (χ4n) is 2.17. The normalized spacial score (nSPS) is 10.6. The van der Waals surface area contributed by atoms with Crippen LogP contribution < -0.4 is 5.32 Å². The van der Waals surface area contributed by atoms with E-state index >= 15 is 0 Å². The lowest BCUT2D eigenvalue weighted by Crippen LogP contribution is -2.26. The molecule has 0 saturated heterocycles.